The molecule has 1 aromatic carbocycles. The number of fused-ring (bicyclic) bond motifs is 1. The summed E-state index contributed by atoms with van der Waals surface area (Å²) in [5, 5.41) is 13.9. The molecule has 2 aromatic heterocycles. The molecule has 2 heterocycles. The van der Waals surface area contributed by atoms with Gasteiger partial charge in [-0.1, -0.05) is 52.0 Å². The highest BCUT2D eigenvalue weighted by Gasteiger charge is 2.16. The van der Waals surface area contributed by atoms with Crippen LogP contribution in [0.2, 0.25) is 0 Å². The number of aromatic nitrogens is 1. The third-order valence-electron chi connectivity index (χ3n) is 5.12. The van der Waals surface area contributed by atoms with E-state index >= 15 is 0 Å². The van der Waals surface area contributed by atoms with Crippen molar-refractivity contribution in [1.29, 1.82) is 0 Å². The van der Waals surface area contributed by atoms with Crippen LogP contribution in [0.25, 0.3) is 17.0 Å². The van der Waals surface area contributed by atoms with Crippen LogP contribution in [-0.2, 0) is 6.54 Å². The Morgan fingerprint density at radius 1 is 1.06 bits per heavy atom. The van der Waals surface area contributed by atoms with Crippen LogP contribution in [0.4, 0.5) is 0 Å². The van der Waals surface area contributed by atoms with E-state index in [0.717, 1.165) is 34.4 Å². The SMILES string of the molecule is CC(C)CN(CC(C)C)C[C@@H](O)Cn1cc(/C=C/C(=O)c2cccs2)c2ccccc21. The molecule has 0 unspecified atom stereocenters. The molecule has 0 bridgehead atoms. The number of thiophene rings is 1. The first kappa shape index (κ1) is 23.5. The molecule has 3 rings (SSSR count). The van der Waals surface area contributed by atoms with Crippen LogP contribution >= 0.6 is 11.3 Å². The van der Waals surface area contributed by atoms with E-state index in [1.807, 2.05) is 41.9 Å². The van der Waals surface area contributed by atoms with E-state index in [-0.39, 0.29) is 5.78 Å². The second-order valence-electron chi connectivity index (χ2n) is 9.09. The Hall–Kier alpha value is -2.21. The Kier molecular flexibility index (Phi) is 8.24. The van der Waals surface area contributed by atoms with Crippen molar-refractivity contribution in [3.63, 3.8) is 0 Å². The molecule has 4 nitrogen and oxygen atoms in total. The van der Waals surface area contributed by atoms with Crippen LogP contribution in [0.3, 0.4) is 0 Å². The molecule has 1 N–H and O–H groups in total. The number of ketones is 1. The van der Waals surface area contributed by atoms with E-state index in [1.54, 1.807) is 6.08 Å². The van der Waals surface area contributed by atoms with Crippen LogP contribution in [0, 0.1) is 11.8 Å². The summed E-state index contributed by atoms with van der Waals surface area (Å²) < 4.78 is 2.11. The highest BCUT2D eigenvalue weighted by Crippen LogP contribution is 2.23. The fourth-order valence-electron chi connectivity index (χ4n) is 4.06. The third kappa shape index (κ3) is 6.63. The molecule has 0 fully saturated rings. The quantitative estimate of drug-likeness (QED) is 0.314. The van der Waals surface area contributed by atoms with E-state index in [1.165, 1.54) is 11.3 Å². The molecule has 0 aliphatic heterocycles. The lowest BCUT2D eigenvalue weighted by molar-refractivity contribution is 0.0869. The maximum atomic E-state index is 12.4. The van der Waals surface area contributed by atoms with Crippen molar-refractivity contribution in [1.82, 2.24) is 9.47 Å². The Labute approximate surface area is 189 Å². The number of hydrogen-bond donors (Lipinski definition) is 1. The summed E-state index contributed by atoms with van der Waals surface area (Å²) in [5.74, 6) is 1.15. The van der Waals surface area contributed by atoms with Crippen molar-refractivity contribution in [2.24, 2.45) is 11.8 Å². The number of hydrogen-bond acceptors (Lipinski definition) is 4. The average molecular weight is 439 g/mol. The van der Waals surface area contributed by atoms with Gasteiger partial charge < -0.3 is 14.6 Å². The summed E-state index contributed by atoms with van der Waals surface area (Å²) in [6.07, 6.45) is 5.11. The predicted octanol–water partition coefficient (Wildman–Crippen LogP) is 5.57. The van der Waals surface area contributed by atoms with E-state index in [0.29, 0.717) is 24.9 Å². The van der Waals surface area contributed by atoms with Gasteiger partial charge in [0, 0.05) is 48.8 Å². The summed E-state index contributed by atoms with van der Waals surface area (Å²) in [6, 6.07) is 11.9. The molecule has 0 spiro atoms. The first-order valence-electron chi connectivity index (χ1n) is 11.1. The first-order valence-corrected chi connectivity index (χ1v) is 12.0. The molecule has 0 saturated carbocycles. The number of para-hydroxylation sites is 1. The number of allylic oxidation sites excluding steroid dienone is 1. The van der Waals surface area contributed by atoms with Gasteiger partial charge in [0.2, 0.25) is 0 Å². The lowest BCUT2D eigenvalue weighted by Gasteiger charge is -2.28. The van der Waals surface area contributed by atoms with Gasteiger partial charge >= 0.3 is 0 Å². The highest BCUT2D eigenvalue weighted by molar-refractivity contribution is 7.12. The predicted molar refractivity (Wildman–Crippen MR) is 132 cm³/mol. The molecule has 31 heavy (non-hydrogen) atoms. The lowest BCUT2D eigenvalue weighted by atomic mass is 10.1. The van der Waals surface area contributed by atoms with Crippen molar-refractivity contribution < 1.29 is 9.90 Å². The summed E-state index contributed by atoms with van der Waals surface area (Å²) in [4.78, 5) is 15.5. The van der Waals surface area contributed by atoms with Gasteiger partial charge in [-0.05, 0) is 41.5 Å². The lowest BCUT2D eigenvalue weighted by Crippen LogP contribution is -2.39. The monoisotopic (exact) mass is 438 g/mol. The largest absolute Gasteiger partial charge is 0.390 e. The second-order valence-corrected chi connectivity index (χ2v) is 10.0. The Bertz CT molecular complexity index is 992. The number of aliphatic hydroxyl groups excluding tert-OH is 1. The minimum absolute atomic E-state index is 0.0184. The van der Waals surface area contributed by atoms with Gasteiger partial charge in [-0.15, -0.1) is 11.3 Å². The Morgan fingerprint density at radius 3 is 2.42 bits per heavy atom. The van der Waals surface area contributed by atoms with Crippen LogP contribution in [0.5, 0.6) is 0 Å². The van der Waals surface area contributed by atoms with Gasteiger partial charge in [-0.3, -0.25) is 4.79 Å². The number of carbonyl (C=O) groups is 1. The standard InChI is InChI=1S/C26H34N2O2S/c1-19(2)14-27(15-20(3)4)17-22(29)18-28-16-21(23-8-5-6-9-24(23)28)11-12-25(30)26-10-7-13-31-26/h5-13,16,19-20,22,29H,14-15,17-18H2,1-4H3/b12-11+/t22-/m1/s1. The average Bonchev–Trinajstić information content (AvgIpc) is 3.34. The van der Waals surface area contributed by atoms with Crippen molar-refractivity contribution >= 4 is 34.1 Å². The maximum Gasteiger partial charge on any atom is 0.195 e. The Balaban J connectivity index is 1.77. The molecule has 0 aliphatic carbocycles. The summed E-state index contributed by atoms with van der Waals surface area (Å²) >= 11 is 1.45. The van der Waals surface area contributed by atoms with E-state index in [4.69, 9.17) is 0 Å². The summed E-state index contributed by atoms with van der Waals surface area (Å²) in [6.45, 7) is 12.0. The van der Waals surface area contributed by atoms with Gasteiger partial charge in [0.1, 0.15) is 0 Å². The molecule has 0 amide bonds. The molecule has 3 aromatic rings. The fraction of sp³-hybridized carbons (Fsp3) is 0.423. The summed E-state index contributed by atoms with van der Waals surface area (Å²) in [5.41, 5.74) is 2.07. The smallest absolute Gasteiger partial charge is 0.195 e. The van der Waals surface area contributed by atoms with Crippen LogP contribution in [0.15, 0.2) is 54.1 Å². The molecule has 5 heteroatoms. The third-order valence-corrected chi connectivity index (χ3v) is 6.01. The second kappa shape index (κ2) is 10.9. The van der Waals surface area contributed by atoms with Gasteiger partial charge in [-0.25, -0.2) is 0 Å². The van der Waals surface area contributed by atoms with Crippen molar-refractivity contribution in [3.05, 3.63) is 64.5 Å². The number of rotatable bonds is 11. The number of benzene rings is 1. The van der Waals surface area contributed by atoms with E-state index in [9.17, 15) is 9.90 Å². The highest BCUT2D eigenvalue weighted by atomic mass is 32.1. The molecule has 166 valence electrons. The number of carbonyl (C=O) groups excluding carboxylic acids is 1. The zero-order valence-electron chi connectivity index (χ0n) is 19.0. The molecule has 0 saturated heterocycles. The van der Waals surface area contributed by atoms with Crippen molar-refractivity contribution in [2.75, 3.05) is 19.6 Å². The number of nitrogens with zero attached hydrogens (tertiary/aromatic N) is 2. The molecule has 1 atom stereocenters. The van der Waals surface area contributed by atoms with Crippen LogP contribution in [-0.4, -0.2) is 46.1 Å². The molecule has 0 radical (unpaired) electrons. The van der Waals surface area contributed by atoms with Crippen molar-refractivity contribution in [2.45, 2.75) is 40.3 Å². The van der Waals surface area contributed by atoms with Gasteiger partial charge in [0.25, 0.3) is 0 Å². The van der Waals surface area contributed by atoms with E-state index in [2.05, 4.69) is 49.3 Å². The van der Waals surface area contributed by atoms with E-state index < -0.39 is 6.10 Å². The molecular weight excluding hydrogens is 404 g/mol. The zero-order chi connectivity index (χ0) is 22.4. The topological polar surface area (TPSA) is 45.5 Å². The van der Waals surface area contributed by atoms with Crippen molar-refractivity contribution in [3.8, 4) is 0 Å². The van der Waals surface area contributed by atoms with Gasteiger partial charge in [0.05, 0.1) is 11.0 Å². The summed E-state index contributed by atoms with van der Waals surface area (Å²) in [7, 11) is 0. The first-order chi connectivity index (χ1) is 14.8. The molecular formula is C26H34N2O2S. The zero-order valence-corrected chi connectivity index (χ0v) is 19.8. The normalized spacial score (nSPS) is 13.3. The Morgan fingerprint density at radius 2 is 1.77 bits per heavy atom. The van der Waals surface area contributed by atoms with Crippen LogP contribution in [0.1, 0.15) is 42.9 Å². The minimum Gasteiger partial charge on any atom is -0.390 e. The van der Waals surface area contributed by atoms with Gasteiger partial charge in [0.15, 0.2) is 5.78 Å². The number of aliphatic hydroxyl groups is 1. The molecule has 0 aliphatic rings. The van der Waals surface area contributed by atoms with Gasteiger partial charge in [-0.2, -0.15) is 0 Å². The van der Waals surface area contributed by atoms with Crippen LogP contribution < -0.4 is 0 Å². The maximum absolute atomic E-state index is 12.4. The fourth-order valence-corrected chi connectivity index (χ4v) is 4.71. The minimum atomic E-state index is -0.460.